The molecule has 2 aromatic rings. The van der Waals surface area contributed by atoms with Gasteiger partial charge in [-0.25, -0.2) is 4.79 Å². The van der Waals surface area contributed by atoms with E-state index in [9.17, 15) is 19.5 Å². The molecule has 0 spiro atoms. The quantitative estimate of drug-likeness (QED) is 0.813. The molecule has 0 aromatic heterocycles. The third-order valence-electron chi connectivity index (χ3n) is 5.85. The summed E-state index contributed by atoms with van der Waals surface area (Å²) in [6, 6.07) is 13.1. The van der Waals surface area contributed by atoms with Crippen LogP contribution in [0.3, 0.4) is 0 Å². The Labute approximate surface area is 163 Å². The highest BCUT2D eigenvalue weighted by molar-refractivity contribution is 5.98. The minimum Gasteiger partial charge on any atom is -0.465 e. The summed E-state index contributed by atoms with van der Waals surface area (Å²) in [5.41, 5.74) is 3.91. The molecule has 6 nitrogen and oxygen atoms in total. The SMILES string of the molecule is CC(=O)c1cccc(-c2ccc3c(c2)C(=O)N(C)CC2CN(C(=O)O)CC32)c1. The molecule has 2 amide bonds. The van der Waals surface area contributed by atoms with Crippen LogP contribution in [0.5, 0.6) is 0 Å². The van der Waals surface area contributed by atoms with Crippen molar-refractivity contribution in [2.45, 2.75) is 12.8 Å². The predicted octanol–water partition coefficient (Wildman–Crippen LogP) is 3.34. The molecule has 2 heterocycles. The number of carboxylic acid groups (broad SMARTS) is 1. The van der Waals surface area contributed by atoms with Gasteiger partial charge in [-0.3, -0.25) is 9.59 Å². The van der Waals surface area contributed by atoms with Gasteiger partial charge in [0.15, 0.2) is 5.78 Å². The second kappa shape index (κ2) is 6.78. The molecule has 1 saturated heterocycles. The van der Waals surface area contributed by atoms with E-state index in [-0.39, 0.29) is 23.5 Å². The predicted molar refractivity (Wildman–Crippen MR) is 105 cm³/mol. The van der Waals surface area contributed by atoms with Gasteiger partial charge in [0.2, 0.25) is 0 Å². The number of likely N-dealkylation sites (tertiary alicyclic amines) is 1. The fourth-order valence-corrected chi connectivity index (χ4v) is 4.37. The largest absolute Gasteiger partial charge is 0.465 e. The number of fused-ring (bicyclic) bond motifs is 3. The first-order valence-corrected chi connectivity index (χ1v) is 9.34. The van der Waals surface area contributed by atoms with Crippen molar-refractivity contribution in [2.24, 2.45) is 5.92 Å². The summed E-state index contributed by atoms with van der Waals surface area (Å²) in [7, 11) is 1.76. The molecule has 2 aliphatic rings. The van der Waals surface area contributed by atoms with E-state index in [1.807, 2.05) is 36.4 Å². The zero-order valence-electron chi connectivity index (χ0n) is 15.9. The molecule has 1 N–H and O–H groups in total. The highest BCUT2D eigenvalue weighted by Crippen LogP contribution is 2.39. The molecule has 2 unspecified atom stereocenters. The molecule has 2 aliphatic heterocycles. The fourth-order valence-electron chi connectivity index (χ4n) is 4.37. The van der Waals surface area contributed by atoms with Crippen molar-refractivity contribution in [2.75, 3.05) is 26.7 Å². The minimum absolute atomic E-state index is 0.00465. The van der Waals surface area contributed by atoms with Crippen LogP contribution in [-0.2, 0) is 0 Å². The van der Waals surface area contributed by atoms with Crippen molar-refractivity contribution in [3.05, 3.63) is 59.2 Å². The van der Waals surface area contributed by atoms with Gasteiger partial charge in [-0.15, -0.1) is 0 Å². The number of nitrogens with zero attached hydrogens (tertiary/aromatic N) is 2. The van der Waals surface area contributed by atoms with Crippen molar-refractivity contribution >= 4 is 17.8 Å². The van der Waals surface area contributed by atoms with E-state index in [0.29, 0.717) is 30.8 Å². The summed E-state index contributed by atoms with van der Waals surface area (Å²) in [5, 5.41) is 9.38. The van der Waals surface area contributed by atoms with E-state index < -0.39 is 6.09 Å². The molecule has 1 fully saturated rings. The Morgan fingerprint density at radius 3 is 2.50 bits per heavy atom. The van der Waals surface area contributed by atoms with Gasteiger partial charge in [-0.1, -0.05) is 30.3 Å². The van der Waals surface area contributed by atoms with E-state index in [0.717, 1.165) is 16.7 Å². The van der Waals surface area contributed by atoms with Crippen LogP contribution in [0.4, 0.5) is 4.79 Å². The monoisotopic (exact) mass is 378 g/mol. The van der Waals surface area contributed by atoms with Crippen molar-refractivity contribution in [1.82, 2.24) is 9.80 Å². The Balaban J connectivity index is 1.78. The van der Waals surface area contributed by atoms with Gasteiger partial charge in [0, 0.05) is 49.6 Å². The maximum Gasteiger partial charge on any atom is 0.407 e. The summed E-state index contributed by atoms with van der Waals surface area (Å²) in [6.07, 6.45) is -0.915. The van der Waals surface area contributed by atoms with Crippen LogP contribution in [0.15, 0.2) is 42.5 Å². The Morgan fingerprint density at radius 1 is 1.04 bits per heavy atom. The molecule has 2 atom stereocenters. The average molecular weight is 378 g/mol. The number of carbonyl (C=O) groups excluding carboxylic acids is 2. The number of carbonyl (C=O) groups is 3. The van der Waals surface area contributed by atoms with Crippen LogP contribution < -0.4 is 0 Å². The lowest BCUT2D eigenvalue weighted by molar-refractivity contribution is 0.0781. The van der Waals surface area contributed by atoms with Crippen LogP contribution in [0.25, 0.3) is 11.1 Å². The first-order valence-electron chi connectivity index (χ1n) is 9.34. The van der Waals surface area contributed by atoms with Crippen LogP contribution in [0.1, 0.15) is 39.1 Å². The Morgan fingerprint density at radius 2 is 1.79 bits per heavy atom. The number of benzene rings is 2. The maximum absolute atomic E-state index is 13.0. The van der Waals surface area contributed by atoms with Gasteiger partial charge in [-0.05, 0) is 35.7 Å². The van der Waals surface area contributed by atoms with Gasteiger partial charge < -0.3 is 14.9 Å². The van der Waals surface area contributed by atoms with Crippen molar-refractivity contribution in [3.8, 4) is 11.1 Å². The Bertz CT molecular complexity index is 984. The third-order valence-corrected chi connectivity index (χ3v) is 5.85. The van der Waals surface area contributed by atoms with Gasteiger partial charge in [0.1, 0.15) is 0 Å². The lowest BCUT2D eigenvalue weighted by atomic mass is 9.86. The van der Waals surface area contributed by atoms with Gasteiger partial charge >= 0.3 is 6.09 Å². The highest BCUT2D eigenvalue weighted by Gasteiger charge is 2.41. The number of hydrogen-bond donors (Lipinski definition) is 1. The summed E-state index contributed by atoms with van der Waals surface area (Å²) in [4.78, 5) is 39.2. The van der Waals surface area contributed by atoms with Crippen LogP contribution in [-0.4, -0.2) is 59.4 Å². The standard InChI is InChI=1S/C22H22N2O4/c1-13(25)14-4-3-5-15(8-14)16-6-7-18-19(9-16)21(26)23(2)10-17-11-24(22(27)28)12-20(17)18/h3-9,17,20H,10-12H2,1-2H3,(H,27,28). The van der Waals surface area contributed by atoms with Gasteiger partial charge in [-0.2, -0.15) is 0 Å². The minimum atomic E-state index is -0.915. The smallest absolute Gasteiger partial charge is 0.407 e. The van der Waals surface area contributed by atoms with E-state index in [2.05, 4.69) is 0 Å². The number of ketones is 1. The van der Waals surface area contributed by atoms with Crippen molar-refractivity contribution < 1.29 is 19.5 Å². The fraction of sp³-hybridized carbons (Fsp3) is 0.318. The van der Waals surface area contributed by atoms with E-state index >= 15 is 0 Å². The summed E-state index contributed by atoms with van der Waals surface area (Å²) >= 11 is 0. The third kappa shape index (κ3) is 3.05. The lowest BCUT2D eigenvalue weighted by Crippen LogP contribution is -2.33. The van der Waals surface area contributed by atoms with Crippen LogP contribution in [0.2, 0.25) is 0 Å². The van der Waals surface area contributed by atoms with Gasteiger partial charge in [0.05, 0.1) is 0 Å². The Hall–Kier alpha value is -3.15. The summed E-state index contributed by atoms with van der Waals surface area (Å²) in [5.74, 6) is 0.0571. The van der Waals surface area contributed by atoms with Crippen molar-refractivity contribution in [3.63, 3.8) is 0 Å². The van der Waals surface area contributed by atoms with Crippen LogP contribution in [0, 0.1) is 5.92 Å². The molecule has 2 aromatic carbocycles. The highest BCUT2D eigenvalue weighted by atomic mass is 16.4. The number of rotatable bonds is 2. The Kier molecular flexibility index (Phi) is 4.41. The molecule has 4 rings (SSSR count). The molecular weight excluding hydrogens is 356 g/mol. The normalized spacial score (nSPS) is 21.1. The molecule has 28 heavy (non-hydrogen) atoms. The molecule has 0 bridgehead atoms. The molecule has 0 radical (unpaired) electrons. The summed E-state index contributed by atoms with van der Waals surface area (Å²) in [6.45, 7) is 2.92. The number of hydrogen-bond acceptors (Lipinski definition) is 3. The zero-order valence-corrected chi connectivity index (χ0v) is 15.9. The average Bonchev–Trinajstić information content (AvgIpc) is 3.07. The first-order chi connectivity index (χ1) is 13.3. The second-order valence-corrected chi connectivity index (χ2v) is 7.68. The zero-order chi connectivity index (χ0) is 20.0. The van der Waals surface area contributed by atoms with E-state index in [4.69, 9.17) is 0 Å². The topological polar surface area (TPSA) is 77.9 Å². The van der Waals surface area contributed by atoms with Crippen LogP contribution >= 0.6 is 0 Å². The van der Waals surface area contributed by atoms with Gasteiger partial charge in [0.25, 0.3) is 5.91 Å². The summed E-state index contributed by atoms with van der Waals surface area (Å²) < 4.78 is 0. The number of amides is 2. The molecule has 0 saturated carbocycles. The second-order valence-electron chi connectivity index (χ2n) is 7.68. The van der Waals surface area contributed by atoms with Crippen molar-refractivity contribution in [1.29, 1.82) is 0 Å². The van der Waals surface area contributed by atoms with E-state index in [1.54, 1.807) is 18.0 Å². The number of Topliss-reactive ketones (excluding diaryl/α,β-unsaturated/α-hetero) is 1. The molecule has 6 heteroatoms. The maximum atomic E-state index is 13.0. The first kappa shape index (κ1) is 18.2. The molecule has 144 valence electrons. The van der Waals surface area contributed by atoms with E-state index in [1.165, 1.54) is 11.8 Å². The lowest BCUT2D eigenvalue weighted by Gasteiger charge is -2.19. The molecule has 0 aliphatic carbocycles. The molecular formula is C22H22N2O4.